The molecular formula is C15H18N2O5S. The molecule has 1 aromatic rings. The Morgan fingerprint density at radius 3 is 2.57 bits per heavy atom. The Labute approximate surface area is 134 Å². The Hall–Kier alpha value is -1.93. The first-order valence-corrected chi connectivity index (χ1v) is 9.20. The molecule has 0 bridgehead atoms. The number of hydrogen-bond donors (Lipinski definition) is 2. The molecule has 3 rings (SSSR count). The molecule has 1 aliphatic carbocycles. The van der Waals surface area contributed by atoms with Crippen molar-refractivity contribution in [3.63, 3.8) is 0 Å². The first-order valence-electron chi connectivity index (χ1n) is 7.49. The van der Waals surface area contributed by atoms with Crippen molar-refractivity contribution < 1.29 is 23.2 Å². The van der Waals surface area contributed by atoms with Gasteiger partial charge in [0.15, 0.2) is 9.84 Å². The number of amides is 3. The molecule has 3 unspecified atom stereocenters. The lowest BCUT2D eigenvalue weighted by Gasteiger charge is -2.41. The van der Waals surface area contributed by atoms with Gasteiger partial charge in [-0.05, 0) is 18.4 Å². The fraction of sp³-hybridized carbons (Fsp3) is 0.467. The van der Waals surface area contributed by atoms with E-state index in [2.05, 4.69) is 5.32 Å². The van der Waals surface area contributed by atoms with Gasteiger partial charge >= 0.3 is 6.03 Å². The van der Waals surface area contributed by atoms with Crippen molar-refractivity contribution in [2.75, 3.05) is 0 Å². The first-order chi connectivity index (χ1) is 10.9. The van der Waals surface area contributed by atoms with Crippen LogP contribution in [0.4, 0.5) is 4.79 Å². The van der Waals surface area contributed by atoms with Gasteiger partial charge in [0.2, 0.25) is 0 Å². The third-order valence-corrected chi connectivity index (χ3v) is 6.71. The molecule has 1 saturated carbocycles. The highest BCUT2D eigenvalue weighted by atomic mass is 32.2. The van der Waals surface area contributed by atoms with Crippen molar-refractivity contribution in [2.45, 2.75) is 36.3 Å². The van der Waals surface area contributed by atoms with Crippen molar-refractivity contribution in [1.29, 1.82) is 0 Å². The average Bonchev–Trinajstić information content (AvgIpc) is 2.53. The molecule has 3 amide bonds. The van der Waals surface area contributed by atoms with E-state index in [4.69, 9.17) is 0 Å². The number of benzene rings is 1. The fourth-order valence-electron chi connectivity index (χ4n) is 3.41. The summed E-state index contributed by atoms with van der Waals surface area (Å²) >= 11 is 0. The van der Waals surface area contributed by atoms with Crippen molar-refractivity contribution >= 4 is 21.8 Å². The summed E-state index contributed by atoms with van der Waals surface area (Å²) < 4.78 is 25.5. The van der Waals surface area contributed by atoms with Crippen LogP contribution < -0.4 is 5.32 Å². The van der Waals surface area contributed by atoms with Gasteiger partial charge in [-0.2, -0.15) is 0 Å². The number of hydrogen-bond acceptors (Lipinski definition) is 5. The number of fused-ring (bicyclic) bond motifs is 1. The number of nitrogens with zero attached hydrogens (tertiary/aromatic N) is 1. The van der Waals surface area contributed by atoms with Gasteiger partial charge in [-0.25, -0.2) is 13.2 Å². The lowest BCUT2D eigenvalue weighted by molar-refractivity contribution is -0.163. The zero-order chi connectivity index (χ0) is 16.6. The van der Waals surface area contributed by atoms with Crippen LogP contribution in [-0.2, 0) is 20.4 Å². The van der Waals surface area contributed by atoms with E-state index in [1.165, 1.54) is 0 Å². The lowest BCUT2D eigenvalue weighted by Crippen LogP contribution is -2.64. The van der Waals surface area contributed by atoms with E-state index in [0.29, 0.717) is 24.8 Å². The maximum absolute atomic E-state index is 12.8. The molecular weight excluding hydrogens is 320 g/mol. The molecule has 2 aliphatic rings. The van der Waals surface area contributed by atoms with Crippen LogP contribution in [-0.4, -0.2) is 41.9 Å². The molecule has 8 heteroatoms. The quantitative estimate of drug-likeness (QED) is 0.803. The molecule has 0 radical (unpaired) electrons. The molecule has 23 heavy (non-hydrogen) atoms. The van der Waals surface area contributed by atoms with E-state index in [9.17, 15) is 23.2 Å². The summed E-state index contributed by atoms with van der Waals surface area (Å²) in [6.45, 7) is 0. The molecule has 3 atom stereocenters. The van der Waals surface area contributed by atoms with Crippen molar-refractivity contribution in [2.24, 2.45) is 5.92 Å². The minimum atomic E-state index is -3.54. The topological polar surface area (TPSA) is 104 Å². The SMILES string of the molecule is O=C1NC2C(CCCC2S(=O)(=O)Cc2ccccc2)C(=O)N1O. The van der Waals surface area contributed by atoms with Crippen LogP contribution in [0.2, 0.25) is 0 Å². The molecule has 0 aromatic heterocycles. The van der Waals surface area contributed by atoms with Gasteiger partial charge in [0.1, 0.15) is 0 Å². The number of nitrogens with one attached hydrogen (secondary N) is 1. The third kappa shape index (κ3) is 2.96. The van der Waals surface area contributed by atoms with Gasteiger partial charge in [-0.3, -0.25) is 10.0 Å². The van der Waals surface area contributed by atoms with Crippen LogP contribution in [0.1, 0.15) is 24.8 Å². The summed E-state index contributed by atoms with van der Waals surface area (Å²) in [6, 6.07) is 7.08. The fourth-order valence-corrected chi connectivity index (χ4v) is 5.51. The molecule has 124 valence electrons. The Bertz CT molecular complexity index is 719. The lowest BCUT2D eigenvalue weighted by atomic mass is 9.82. The van der Waals surface area contributed by atoms with E-state index >= 15 is 0 Å². The third-order valence-electron chi connectivity index (χ3n) is 4.52. The van der Waals surface area contributed by atoms with Crippen LogP contribution in [0.5, 0.6) is 0 Å². The van der Waals surface area contributed by atoms with Crippen LogP contribution in [0.3, 0.4) is 0 Å². The monoisotopic (exact) mass is 338 g/mol. The molecule has 1 heterocycles. The number of carbonyl (C=O) groups is 2. The summed E-state index contributed by atoms with van der Waals surface area (Å²) in [6.07, 6.45) is 1.42. The summed E-state index contributed by atoms with van der Waals surface area (Å²) in [7, 11) is -3.54. The largest absolute Gasteiger partial charge is 0.348 e. The number of imide groups is 1. The van der Waals surface area contributed by atoms with Crippen molar-refractivity contribution in [3.8, 4) is 0 Å². The normalized spacial score (nSPS) is 28.2. The number of rotatable bonds is 3. The van der Waals surface area contributed by atoms with Gasteiger partial charge < -0.3 is 5.32 Å². The van der Waals surface area contributed by atoms with Crippen LogP contribution >= 0.6 is 0 Å². The number of carbonyl (C=O) groups excluding carboxylic acids is 2. The standard InChI is InChI=1S/C15H18N2O5S/c18-14-11-7-4-8-12(13(11)16-15(19)17(14)20)23(21,22)9-10-5-2-1-3-6-10/h1-3,5-6,11-13,20H,4,7-9H2,(H,16,19). The minimum absolute atomic E-state index is 0.0490. The molecule has 2 N–H and O–H groups in total. The predicted molar refractivity (Wildman–Crippen MR) is 81.1 cm³/mol. The van der Waals surface area contributed by atoms with E-state index < -0.39 is 39.0 Å². The van der Waals surface area contributed by atoms with Gasteiger partial charge in [0, 0.05) is 0 Å². The smallest absolute Gasteiger partial charge is 0.331 e. The zero-order valence-corrected chi connectivity index (χ0v) is 13.2. The molecule has 1 saturated heterocycles. The second kappa shape index (κ2) is 5.93. The second-order valence-corrected chi connectivity index (χ2v) is 8.21. The molecule has 1 aliphatic heterocycles. The highest BCUT2D eigenvalue weighted by Gasteiger charge is 2.49. The molecule has 7 nitrogen and oxygen atoms in total. The Kier molecular flexibility index (Phi) is 4.11. The van der Waals surface area contributed by atoms with Gasteiger partial charge in [0.25, 0.3) is 5.91 Å². The minimum Gasteiger partial charge on any atom is -0.331 e. The summed E-state index contributed by atoms with van der Waals surface area (Å²) in [5.74, 6) is -1.55. The summed E-state index contributed by atoms with van der Waals surface area (Å²) in [4.78, 5) is 23.7. The van der Waals surface area contributed by atoms with Crippen molar-refractivity contribution in [1.82, 2.24) is 10.4 Å². The van der Waals surface area contributed by atoms with Crippen molar-refractivity contribution in [3.05, 3.63) is 35.9 Å². The Balaban J connectivity index is 1.86. The van der Waals surface area contributed by atoms with Crippen LogP contribution in [0.15, 0.2) is 30.3 Å². The highest BCUT2D eigenvalue weighted by Crippen LogP contribution is 2.34. The van der Waals surface area contributed by atoms with Gasteiger partial charge in [0.05, 0.1) is 23.0 Å². The highest BCUT2D eigenvalue weighted by molar-refractivity contribution is 7.91. The van der Waals surface area contributed by atoms with E-state index in [-0.39, 0.29) is 10.8 Å². The second-order valence-electron chi connectivity index (χ2n) is 5.99. The summed E-state index contributed by atoms with van der Waals surface area (Å²) in [5.41, 5.74) is 0.673. The zero-order valence-electron chi connectivity index (χ0n) is 12.4. The average molecular weight is 338 g/mol. The Morgan fingerprint density at radius 1 is 1.17 bits per heavy atom. The predicted octanol–water partition coefficient (Wildman–Crippen LogP) is 1.08. The van der Waals surface area contributed by atoms with E-state index in [1.807, 2.05) is 6.07 Å². The van der Waals surface area contributed by atoms with Gasteiger partial charge in [-0.1, -0.05) is 36.8 Å². The number of sulfone groups is 1. The van der Waals surface area contributed by atoms with E-state index in [0.717, 1.165) is 0 Å². The Morgan fingerprint density at radius 2 is 1.87 bits per heavy atom. The molecule has 0 spiro atoms. The number of urea groups is 1. The number of hydroxylamine groups is 2. The maximum atomic E-state index is 12.8. The van der Waals surface area contributed by atoms with Gasteiger partial charge in [-0.15, -0.1) is 5.06 Å². The van der Waals surface area contributed by atoms with E-state index in [1.54, 1.807) is 24.3 Å². The molecule has 2 fully saturated rings. The molecule has 1 aromatic carbocycles. The summed E-state index contributed by atoms with van der Waals surface area (Å²) in [5, 5.41) is 11.1. The maximum Gasteiger partial charge on any atom is 0.348 e. The first kappa shape index (κ1) is 15.9. The van der Waals surface area contributed by atoms with Crippen LogP contribution in [0.25, 0.3) is 0 Å². The van der Waals surface area contributed by atoms with Crippen LogP contribution in [0, 0.1) is 5.92 Å².